The van der Waals surface area contributed by atoms with Crippen molar-refractivity contribution in [2.75, 3.05) is 13.7 Å². The van der Waals surface area contributed by atoms with E-state index >= 15 is 0 Å². The van der Waals surface area contributed by atoms with Gasteiger partial charge in [-0.25, -0.2) is 4.79 Å². The van der Waals surface area contributed by atoms with Crippen molar-refractivity contribution in [1.29, 1.82) is 0 Å². The predicted molar refractivity (Wildman–Crippen MR) is 66.8 cm³/mol. The van der Waals surface area contributed by atoms with Crippen LogP contribution >= 0.6 is 0 Å². The van der Waals surface area contributed by atoms with Crippen LogP contribution in [-0.2, 0) is 14.3 Å². The van der Waals surface area contributed by atoms with E-state index in [1.165, 1.54) is 12.0 Å². The van der Waals surface area contributed by atoms with E-state index in [1.807, 2.05) is 20.8 Å². The van der Waals surface area contributed by atoms with E-state index < -0.39 is 11.7 Å². The fourth-order valence-electron chi connectivity index (χ4n) is 1.84. The van der Waals surface area contributed by atoms with Crippen molar-refractivity contribution in [3.05, 3.63) is 12.3 Å². The molecule has 5 nitrogen and oxygen atoms in total. The van der Waals surface area contributed by atoms with Crippen molar-refractivity contribution in [3.63, 3.8) is 0 Å². The fourth-order valence-corrected chi connectivity index (χ4v) is 1.84. The maximum atomic E-state index is 11.9. The van der Waals surface area contributed by atoms with Crippen LogP contribution in [0.3, 0.4) is 0 Å². The number of carbonyl (C=O) groups is 2. The molecule has 1 fully saturated rings. The lowest BCUT2D eigenvalue weighted by Gasteiger charge is -2.33. The normalized spacial score (nSPS) is 20.6. The van der Waals surface area contributed by atoms with Gasteiger partial charge in [0.15, 0.2) is 0 Å². The summed E-state index contributed by atoms with van der Waals surface area (Å²) in [7, 11) is 1.37. The lowest BCUT2D eigenvalue weighted by molar-refractivity contribution is -0.146. The van der Waals surface area contributed by atoms with Crippen molar-refractivity contribution in [3.8, 4) is 0 Å². The van der Waals surface area contributed by atoms with Gasteiger partial charge in [0.05, 0.1) is 13.0 Å². The Balaban J connectivity index is 2.60. The van der Waals surface area contributed by atoms with Gasteiger partial charge in [-0.3, -0.25) is 9.69 Å². The lowest BCUT2D eigenvalue weighted by Crippen LogP contribution is -2.41. The predicted octanol–water partition coefficient (Wildman–Crippen LogP) is 2.32. The van der Waals surface area contributed by atoms with Gasteiger partial charge in [-0.2, -0.15) is 0 Å². The van der Waals surface area contributed by atoms with Gasteiger partial charge < -0.3 is 9.47 Å². The zero-order valence-electron chi connectivity index (χ0n) is 11.5. The van der Waals surface area contributed by atoms with Crippen LogP contribution in [-0.4, -0.2) is 36.2 Å². The Morgan fingerprint density at radius 3 is 2.44 bits per heavy atom. The number of methoxy groups -OCH3 is 1. The summed E-state index contributed by atoms with van der Waals surface area (Å²) in [4.78, 5) is 24.8. The monoisotopic (exact) mass is 255 g/mol. The standard InChI is InChI=1S/C13H21NO4/c1-9-8-10(11(15)17-5)6-7-14(9)12(16)18-13(2,3)4/h10H,1,6-8H2,2-5H3. The number of esters is 1. The molecule has 1 atom stereocenters. The zero-order valence-corrected chi connectivity index (χ0v) is 11.5. The highest BCUT2D eigenvalue weighted by molar-refractivity contribution is 5.75. The third kappa shape index (κ3) is 3.75. The van der Waals surface area contributed by atoms with Crippen LogP contribution in [0.4, 0.5) is 4.79 Å². The highest BCUT2D eigenvalue weighted by Gasteiger charge is 2.32. The Morgan fingerprint density at radius 2 is 2.00 bits per heavy atom. The summed E-state index contributed by atoms with van der Waals surface area (Å²) in [5.41, 5.74) is 0.0715. The Hall–Kier alpha value is -1.52. The second kappa shape index (κ2) is 5.42. The molecule has 102 valence electrons. The van der Waals surface area contributed by atoms with E-state index in [-0.39, 0.29) is 11.9 Å². The van der Waals surface area contributed by atoms with Crippen LogP contribution in [0.1, 0.15) is 33.6 Å². The van der Waals surface area contributed by atoms with Gasteiger partial charge in [0.1, 0.15) is 5.60 Å². The number of rotatable bonds is 1. The fraction of sp³-hybridized carbons (Fsp3) is 0.692. The van der Waals surface area contributed by atoms with Crippen LogP contribution in [0.5, 0.6) is 0 Å². The molecule has 1 heterocycles. The molecule has 0 N–H and O–H groups in total. The van der Waals surface area contributed by atoms with E-state index in [9.17, 15) is 9.59 Å². The average molecular weight is 255 g/mol. The zero-order chi connectivity index (χ0) is 13.9. The first-order valence-electron chi connectivity index (χ1n) is 6.00. The van der Waals surface area contributed by atoms with Crippen LogP contribution in [0.2, 0.25) is 0 Å². The second-order valence-electron chi connectivity index (χ2n) is 5.41. The third-order valence-corrected chi connectivity index (χ3v) is 2.71. The van der Waals surface area contributed by atoms with Crippen LogP contribution in [0.15, 0.2) is 12.3 Å². The van der Waals surface area contributed by atoms with Gasteiger partial charge in [-0.05, 0) is 27.2 Å². The summed E-state index contributed by atoms with van der Waals surface area (Å²) in [6, 6.07) is 0. The maximum Gasteiger partial charge on any atom is 0.414 e. The first-order valence-corrected chi connectivity index (χ1v) is 6.00. The Kier molecular flexibility index (Phi) is 4.38. The first kappa shape index (κ1) is 14.5. The number of hydrogen-bond acceptors (Lipinski definition) is 4. The number of hydrogen-bond donors (Lipinski definition) is 0. The molecule has 0 bridgehead atoms. The summed E-state index contributed by atoms with van der Waals surface area (Å²) in [6.07, 6.45) is 0.604. The van der Waals surface area contributed by atoms with E-state index in [2.05, 4.69) is 6.58 Å². The molecule has 5 heteroatoms. The van der Waals surface area contributed by atoms with Gasteiger partial charge in [-0.1, -0.05) is 6.58 Å². The minimum Gasteiger partial charge on any atom is -0.469 e. The van der Waals surface area contributed by atoms with E-state index in [0.29, 0.717) is 25.1 Å². The molecule has 0 saturated carbocycles. The van der Waals surface area contributed by atoms with Crippen LogP contribution < -0.4 is 0 Å². The molecule has 0 radical (unpaired) electrons. The number of likely N-dealkylation sites (tertiary alicyclic amines) is 1. The molecule has 18 heavy (non-hydrogen) atoms. The summed E-state index contributed by atoms with van der Waals surface area (Å²) >= 11 is 0. The van der Waals surface area contributed by atoms with Crippen molar-refractivity contribution < 1.29 is 19.1 Å². The highest BCUT2D eigenvalue weighted by Crippen LogP contribution is 2.27. The number of allylic oxidation sites excluding steroid dienone is 1. The average Bonchev–Trinajstić information content (AvgIpc) is 2.25. The van der Waals surface area contributed by atoms with Gasteiger partial charge in [0.25, 0.3) is 0 Å². The molecule has 1 saturated heterocycles. The Labute approximate surface area is 108 Å². The number of piperidine rings is 1. The SMILES string of the molecule is C=C1CC(C(=O)OC)CCN1C(=O)OC(C)(C)C. The number of carbonyl (C=O) groups excluding carboxylic acids is 2. The van der Waals surface area contributed by atoms with Gasteiger partial charge in [0.2, 0.25) is 0 Å². The smallest absolute Gasteiger partial charge is 0.414 e. The molecule has 1 unspecified atom stereocenters. The molecule has 1 aliphatic heterocycles. The van der Waals surface area contributed by atoms with Crippen molar-refractivity contribution in [1.82, 2.24) is 4.90 Å². The molecule has 0 aromatic carbocycles. The molecule has 0 aromatic rings. The summed E-state index contributed by atoms with van der Waals surface area (Å²) in [5.74, 6) is -0.457. The number of nitrogens with zero attached hydrogens (tertiary/aromatic N) is 1. The molecule has 1 aliphatic rings. The summed E-state index contributed by atoms with van der Waals surface area (Å²) in [6.45, 7) is 9.71. The van der Waals surface area contributed by atoms with Crippen molar-refractivity contribution >= 4 is 12.1 Å². The molecular formula is C13H21NO4. The molecule has 1 rings (SSSR count). The molecule has 0 aliphatic carbocycles. The molecule has 0 aromatic heterocycles. The van der Waals surface area contributed by atoms with E-state index in [1.54, 1.807) is 0 Å². The highest BCUT2D eigenvalue weighted by atomic mass is 16.6. The minimum atomic E-state index is -0.531. The molecule has 0 spiro atoms. The largest absolute Gasteiger partial charge is 0.469 e. The minimum absolute atomic E-state index is 0.207. The Bertz CT molecular complexity index is 356. The maximum absolute atomic E-state index is 11.9. The quantitative estimate of drug-likeness (QED) is 0.675. The topological polar surface area (TPSA) is 55.8 Å². The summed E-state index contributed by atoms with van der Waals surface area (Å²) < 4.78 is 9.98. The van der Waals surface area contributed by atoms with Gasteiger partial charge in [-0.15, -0.1) is 0 Å². The van der Waals surface area contributed by atoms with Gasteiger partial charge in [0, 0.05) is 18.7 Å². The first-order chi connectivity index (χ1) is 8.24. The van der Waals surface area contributed by atoms with Crippen molar-refractivity contribution in [2.24, 2.45) is 5.92 Å². The lowest BCUT2D eigenvalue weighted by atomic mass is 9.95. The van der Waals surface area contributed by atoms with Gasteiger partial charge >= 0.3 is 12.1 Å². The van der Waals surface area contributed by atoms with E-state index in [4.69, 9.17) is 9.47 Å². The number of amides is 1. The van der Waals surface area contributed by atoms with Crippen molar-refractivity contribution in [2.45, 2.75) is 39.2 Å². The third-order valence-electron chi connectivity index (χ3n) is 2.71. The van der Waals surface area contributed by atoms with E-state index in [0.717, 1.165) is 0 Å². The molecular weight excluding hydrogens is 234 g/mol. The second-order valence-corrected chi connectivity index (χ2v) is 5.41. The summed E-state index contributed by atoms with van der Waals surface area (Å²) in [5, 5.41) is 0. The molecule has 1 amide bonds. The Morgan fingerprint density at radius 1 is 1.39 bits per heavy atom. The van der Waals surface area contributed by atoms with Crippen LogP contribution in [0, 0.1) is 5.92 Å². The number of ether oxygens (including phenoxy) is 2. The van der Waals surface area contributed by atoms with Crippen LogP contribution in [0.25, 0.3) is 0 Å².